The lowest BCUT2D eigenvalue weighted by Gasteiger charge is -2.42. The fraction of sp³-hybridized carbons (Fsp3) is 0.581. The molecule has 1 aromatic heterocycles. The molecule has 8 heteroatoms. The first-order valence-corrected chi connectivity index (χ1v) is 14.3. The van der Waals surface area contributed by atoms with E-state index < -0.39 is 0 Å². The van der Waals surface area contributed by atoms with Crippen LogP contribution < -0.4 is 14.5 Å². The van der Waals surface area contributed by atoms with Gasteiger partial charge in [0.15, 0.2) is 0 Å². The van der Waals surface area contributed by atoms with Crippen LogP contribution >= 0.6 is 0 Å². The van der Waals surface area contributed by atoms with Crippen molar-refractivity contribution in [2.24, 2.45) is 0 Å². The van der Waals surface area contributed by atoms with Gasteiger partial charge in [-0.15, -0.1) is 5.92 Å². The molecule has 3 aliphatic rings. The van der Waals surface area contributed by atoms with Gasteiger partial charge in [0.05, 0.1) is 31.3 Å². The van der Waals surface area contributed by atoms with Crippen molar-refractivity contribution < 1.29 is 4.74 Å². The Hall–Kier alpha value is -3.33. The second-order valence-electron chi connectivity index (χ2n) is 11.1. The lowest BCUT2D eigenvalue weighted by atomic mass is 10.0. The summed E-state index contributed by atoms with van der Waals surface area (Å²) in [5, 5.41) is 9.54. The average molecular weight is 528 g/mol. The zero-order valence-corrected chi connectivity index (χ0v) is 23.9. The third kappa shape index (κ3) is 5.98. The highest BCUT2D eigenvalue weighted by Crippen LogP contribution is 2.34. The first-order chi connectivity index (χ1) is 19.0. The topological polar surface area (TPSA) is 71.8 Å². The van der Waals surface area contributed by atoms with E-state index >= 15 is 0 Å². The van der Waals surface area contributed by atoms with E-state index in [0.717, 1.165) is 63.6 Å². The van der Waals surface area contributed by atoms with Gasteiger partial charge in [-0.3, -0.25) is 4.90 Å². The molecule has 0 N–H and O–H groups in total. The number of aromatic nitrogens is 2. The lowest BCUT2D eigenvalue weighted by Crippen LogP contribution is -2.53. The van der Waals surface area contributed by atoms with Crippen molar-refractivity contribution >= 4 is 11.5 Å². The van der Waals surface area contributed by atoms with Gasteiger partial charge in [-0.2, -0.15) is 15.2 Å². The van der Waals surface area contributed by atoms with Gasteiger partial charge in [-0.1, -0.05) is 18.1 Å². The molecule has 0 radical (unpaired) electrons. The maximum Gasteiger partial charge on any atom is 0.318 e. The molecule has 0 bridgehead atoms. The van der Waals surface area contributed by atoms with Crippen LogP contribution in [0.4, 0.5) is 11.5 Å². The zero-order chi connectivity index (χ0) is 27.4. The van der Waals surface area contributed by atoms with Crippen LogP contribution in [0, 0.1) is 37.0 Å². The van der Waals surface area contributed by atoms with Gasteiger partial charge in [-0.25, -0.2) is 0 Å². The number of benzene rings is 1. The number of nitrogens with zero attached hydrogens (tertiary/aromatic N) is 7. The Balaban J connectivity index is 1.44. The Morgan fingerprint density at radius 2 is 1.95 bits per heavy atom. The van der Waals surface area contributed by atoms with Crippen molar-refractivity contribution in [3.8, 4) is 23.9 Å². The number of anilines is 2. The number of likely N-dealkylation sites (tertiary alicyclic amines) is 1. The summed E-state index contributed by atoms with van der Waals surface area (Å²) in [5.41, 5.74) is 6.18. The van der Waals surface area contributed by atoms with Gasteiger partial charge in [-0.05, 0) is 70.8 Å². The molecule has 2 fully saturated rings. The molecule has 1 aromatic carbocycles. The van der Waals surface area contributed by atoms with Crippen LogP contribution in [0.5, 0.6) is 6.01 Å². The number of nitriles is 1. The fourth-order valence-corrected chi connectivity index (χ4v) is 6.13. The van der Waals surface area contributed by atoms with Crippen LogP contribution in [-0.4, -0.2) is 84.8 Å². The molecule has 2 saturated heterocycles. The smallest absolute Gasteiger partial charge is 0.318 e. The van der Waals surface area contributed by atoms with Gasteiger partial charge in [0.1, 0.15) is 12.4 Å². The summed E-state index contributed by atoms with van der Waals surface area (Å²) < 4.78 is 6.30. The standard InChI is InChI=1S/C31H41N7O/c1-5-6-16-36-18-19-38(20-25(36)12-14-32)30-27-13-17-37(29-11-7-9-23(2)24(29)3)21-28(27)33-31(34-30)39-22-26-10-8-15-35(26)4/h7,9,11,25-26H,8,10,12-13,15-22H2,1-4H3/t25-,26-/m0/s1. The molecule has 4 heterocycles. The Kier molecular flexibility index (Phi) is 8.55. The highest BCUT2D eigenvalue weighted by atomic mass is 16.5. The second kappa shape index (κ2) is 12.2. The first-order valence-electron chi connectivity index (χ1n) is 14.3. The van der Waals surface area contributed by atoms with Crippen LogP contribution in [0.25, 0.3) is 0 Å². The molecular formula is C31H41N7O. The Morgan fingerprint density at radius 3 is 2.72 bits per heavy atom. The van der Waals surface area contributed by atoms with Crippen molar-refractivity contribution in [1.82, 2.24) is 19.8 Å². The summed E-state index contributed by atoms with van der Waals surface area (Å²) in [4.78, 5) is 19.5. The summed E-state index contributed by atoms with van der Waals surface area (Å²) in [6.45, 7) is 12.8. The molecule has 8 nitrogen and oxygen atoms in total. The van der Waals surface area contributed by atoms with E-state index in [-0.39, 0.29) is 6.04 Å². The number of likely N-dealkylation sites (N-methyl/N-ethyl adjacent to an activating group) is 1. The molecule has 2 aromatic rings. The summed E-state index contributed by atoms with van der Waals surface area (Å²) in [6, 6.07) is 9.93. The quantitative estimate of drug-likeness (QED) is 0.507. The number of aryl methyl sites for hydroxylation is 1. The summed E-state index contributed by atoms with van der Waals surface area (Å²) in [5.74, 6) is 7.18. The van der Waals surface area contributed by atoms with E-state index in [9.17, 15) is 5.26 Å². The van der Waals surface area contributed by atoms with Crippen LogP contribution in [-0.2, 0) is 13.0 Å². The van der Waals surface area contributed by atoms with E-state index in [1.807, 2.05) is 6.92 Å². The predicted octanol–water partition coefficient (Wildman–Crippen LogP) is 3.56. The minimum Gasteiger partial charge on any atom is -0.462 e. The normalized spacial score (nSPS) is 21.7. The summed E-state index contributed by atoms with van der Waals surface area (Å²) in [6.07, 6.45) is 3.72. The van der Waals surface area contributed by atoms with Crippen molar-refractivity contribution in [1.29, 1.82) is 5.26 Å². The second-order valence-corrected chi connectivity index (χ2v) is 11.1. The zero-order valence-electron chi connectivity index (χ0n) is 23.9. The highest BCUT2D eigenvalue weighted by Gasteiger charge is 2.32. The Labute approximate surface area is 233 Å². The Bertz CT molecular complexity index is 1280. The van der Waals surface area contributed by atoms with Crippen LogP contribution in [0.3, 0.4) is 0 Å². The first kappa shape index (κ1) is 27.2. The number of fused-ring (bicyclic) bond motifs is 1. The molecule has 3 aliphatic heterocycles. The molecule has 0 aliphatic carbocycles. The SMILES string of the molecule is CC#CCN1CCN(c2nc(OC[C@@H]3CCCN3C)nc3c2CCN(c2cccc(C)c2C)C3)C[C@@H]1CC#N. The van der Waals surface area contributed by atoms with Gasteiger partial charge >= 0.3 is 6.01 Å². The van der Waals surface area contributed by atoms with Crippen LogP contribution in [0.1, 0.15) is 48.6 Å². The molecule has 0 saturated carbocycles. The monoisotopic (exact) mass is 527 g/mol. The average Bonchev–Trinajstić information content (AvgIpc) is 3.36. The number of ether oxygens (including phenoxy) is 1. The third-order valence-electron chi connectivity index (χ3n) is 8.71. The van der Waals surface area contributed by atoms with Crippen molar-refractivity contribution in [2.75, 3.05) is 62.7 Å². The predicted molar refractivity (Wildman–Crippen MR) is 155 cm³/mol. The van der Waals surface area contributed by atoms with E-state index in [0.29, 0.717) is 31.6 Å². The molecule has 0 spiro atoms. The number of piperazine rings is 1. The van der Waals surface area contributed by atoms with Crippen LogP contribution in [0.2, 0.25) is 0 Å². The largest absolute Gasteiger partial charge is 0.462 e. The van der Waals surface area contributed by atoms with E-state index in [4.69, 9.17) is 14.7 Å². The number of rotatable bonds is 7. The molecule has 5 rings (SSSR count). The third-order valence-corrected chi connectivity index (χ3v) is 8.71. The molecule has 0 amide bonds. The molecule has 0 unspecified atom stereocenters. The van der Waals surface area contributed by atoms with Crippen molar-refractivity contribution in [3.63, 3.8) is 0 Å². The minimum absolute atomic E-state index is 0.127. The van der Waals surface area contributed by atoms with Gasteiger partial charge in [0.2, 0.25) is 0 Å². The maximum absolute atomic E-state index is 9.54. The van der Waals surface area contributed by atoms with E-state index in [1.165, 1.54) is 28.8 Å². The number of hydrogen-bond acceptors (Lipinski definition) is 8. The van der Waals surface area contributed by atoms with Crippen molar-refractivity contribution in [3.05, 3.63) is 40.6 Å². The number of hydrogen-bond donors (Lipinski definition) is 0. The Morgan fingerprint density at radius 1 is 1.08 bits per heavy atom. The van der Waals surface area contributed by atoms with Crippen LogP contribution in [0.15, 0.2) is 18.2 Å². The molecular weight excluding hydrogens is 486 g/mol. The highest BCUT2D eigenvalue weighted by molar-refractivity contribution is 5.60. The maximum atomic E-state index is 9.54. The molecule has 2 atom stereocenters. The minimum atomic E-state index is 0.127. The van der Waals surface area contributed by atoms with E-state index in [1.54, 1.807) is 0 Å². The van der Waals surface area contributed by atoms with Gasteiger partial charge in [0, 0.05) is 49.5 Å². The van der Waals surface area contributed by atoms with Gasteiger partial charge < -0.3 is 19.4 Å². The van der Waals surface area contributed by atoms with E-state index in [2.05, 4.69) is 76.6 Å². The summed E-state index contributed by atoms with van der Waals surface area (Å²) in [7, 11) is 2.17. The molecule has 39 heavy (non-hydrogen) atoms. The molecule has 206 valence electrons. The summed E-state index contributed by atoms with van der Waals surface area (Å²) >= 11 is 0. The fourth-order valence-electron chi connectivity index (χ4n) is 6.13. The van der Waals surface area contributed by atoms with Crippen molar-refractivity contribution in [2.45, 2.75) is 65.1 Å². The van der Waals surface area contributed by atoms with Gasteiger partial charge in [0.25, 0.3) is 0 Å². The lowest BCUT2D eigenvalue weighted by molar-refractivity contribution is 0.186.